The van der Waals surface area contributed by atoms with E-state index < -0.39 is 0 Å². The Kier molecular flexibility index (Phi) is 4.08. The molecule has 0 aliphatic carbocycles. The summed E-state index contributed by atoms with van der Waals surface area (Å²) in [6.07, 6.45) is 0. The van der Waals surface area contributed by atoms with Crippen molar-refractivity contribution in [3.63, 3.8) is 0 Å². The molecule has 2 aromatic rings. The Morgan fingerprint density at radius 3 is 2.62 bits per heavy atom. The molecule has 1 nitrogen and oxygen atoms in total. The van der Waals surface area contributed by atoms with Gasteiger partial charge in [0.2, 0.25) is 0 Å². The van der Waals surface area contributed by atoms with Crippen molar-refractivity contribution in [1.29, 1.82) is 0 Å². The second kappa shape index (κ2) is 5.19. The van der Waals surface area contributed by atoms with Gasteiger partial charge in [-0.2, -0.15) is 0 Å². The van der Waals surface area contributed by atoms with Crippen LogP contribution in [0.5, 0.6) is 0 Å². The summed E-state index contributed by atoms with van der Waals surface area (Å²) >= 11 is 13.2. The number of aryl methyl sites for hydroxylation is 1. The largest absolute Gasteiger partial charge is 0.308 e. The molecule has 2 heterocycles. The van der Waals surface area contributed by atoms with Crippen LogP contribution in [0.3, 0.4) is 0 Å². The van der Waals surface area contributed by atoms with Crippen LogP contribution in [0.25, 0.3) is 0 Å². The maximum Gasteiger partial charge on any atom is 0.0778 e. The summed E-state index contributed by atoms with van der Waals surface area (Å²) in [5.41, 5.74) is 1.15. The molecular weight excluding hydrogens is 326 g/mol. The van der Waals surface area contributed by atoms with E-state index in [0.717, 1.165) is 14.4 Å². The Labute approximate surface area is 117 Å². The molecule has 2 rings (SSSR count). The number of halogens is 2. The van der Waals surface area contributed by atoms with Crippen LogP contribution in [0.1, 0.15) is 21.4 Å². The predicted octanol–water partition coefficient (Wildman–Crippen LogP) is 4.84. The standard InChI is InChI=1S/C11H11BrClNS2/c1-6-5-15-11(9(6)13)10(14-2)7-3-4-8(12)16-7/h3-5,10,14H,1-2H3. The smallest absolute Gasteiger partial charge is 0.0778 e. The van der Waals surface area contributed by atoms with Crippen LogP contribution in [0.15, 0.2) is 21.3 Å². The zero-order valence-electron chi connectivity index (χ0n) is 8.88. The lowest BCUT2D eigenvalue weighted by Gasteiger charge is -2.13. The molecule has 1 unspecified atom stereocenters. The van der Waals surface area contributed by atoms with Gasteiger partial charge < -0.3 is 5.32 Å². The second-order valence-corrected chi connectivity index (χ2v) is 7.24. The molecule has 2 aromatic heterocycles. The van der Waals surface area contributed by atoms with Crippen LogP contribution in [0, 0.1) is 6.92 Å². The molecule has 0 saturated carbocycles. The van der Waals surface area contributed by atoms with Crippen molar-refractivity contribution >= 4 is 50.2 Å². The fraction of sp³-hybridized carbons (Fsp3) is 0.273. The molecule has 0 aliphatic heterocycles. The van der Waals surface area contributed by atoms with Gasteiger partial charge in [0.1, 0.15) is 0 Å². The third kappa shape index (κ3) is 2.36. The lowest BCUT2D eigenvalue weighted by Crippen LogP contribution is -2.15. The maximum absolute atomic E-state index is 6.30. The van der Waals surface area contributed by atoms with Gasteiger partial charge in [-0.15, -0.1) is 22.7 Å². The van der Waals surface area contributed by atoms with Crippen molar-refractivity contribution < 1.29 is 0 Å². The minimum absolute atomic E-state index is 0.197. The Morgan fingerprint density at radius 1 is 1.44 bits per heavy atom. The number of rotatable bonds is 3. The van der Waals surface area contributed by atoms with E-state index in [1.54, 1.807) is 22.7 Å². The van der Waals surface area contributed by atoms with E-state index in [-0.39, 0.29) is 6.04 Å². The summed E-state index contributed by atoms with van der Waals surface area (Å²) in [4.78, 5) is 2.47. The van der Waals surface area contributed by atoms with Gasteiger partial charge in [-0.25, -0.2) is 0 Å². The molecule has 5 heteroatoms. The van der Waals surface area contributed by atoms with Gasteiger partial charge in [-0.1, -0.05) is 11.6 Å². The first-order chi connectivity index (χ1) is 7.63. The predicted molar refractivity (Wildman–Crippen MR) is 77.0 cm³/mol. The Bertz CT molecular complexity index is 492. The zero-order valence-corrected chi connectivity index (χ0v) is 12.9. The van der Waals surface area contributed by atoms with Crippen molar-refractivity contribution in [1.82, 2.24) is 5.32 Å². The minimum Gasteiger partial charge on any atom is -0.308 e. The van der Waals surface area contributed by atoms with E-state index in [1.165, 1.54) is 9.75 Å². The Morgan fingerprint density at radius 2 is 2.19 bits per heavy atom. The first-order valence-electron chi connectivity index (χ1n) is 4.79. The topological polar surface area (TPSA) is 12.0 Å². The quantitative estimate of drug-likeness (QED) is 0.845. The fourth-order valence-corrected chi connectivity index (χ4v) is 4.58. The number of hydrogen-bond donors (Lipinski definition) is 1. The van der Waals surface area contributed by atoms with Gasteiger partial charge >= 0.3 is 0 Å². The summed E-state index contributed by atoms with van der Waals surface area (Å²) in [5.74, 6) is 0. The summed E-state index contributed by atoms with van der Waals surface area (Å²) in [7, 11) is 1.96. The van der Waals surface area contributed by atoms with Gasteiger partial charge in [0, 0.05) is 9.75 Å². The van der Waals surface area contributed by atoms with E-state index >= 15 is 0 Å². The van der Waals surface area contributed by atoms with E-state index in [2.05, 4.69) is 38.8 Å². The van der Waals surface area contributed by atoms with Crippen LogP contribution in [-0.4, -0.2) is 7.05 Å². The van der Waals surface area contributed by atoms with Crippen molar-refractivity contribution in [2.75, 3.05) is 7.05 Å². The number of nitrogens with one attached hydrogen (secondary N) is 1. The summed E-state index contributed by atoms with van der Waals surface area (Å²) in [6.45, 7) is 2.04. The van der Waals surface area contributed by atoms with Crippen molar-refractivity contribution in [2.45, 2.75) is 13.0 Å². The SMILES string of the molecule is CNC(c1ccc(Br)s1)c1scc(C)c1Cl. The summed E-state index contributed by atoms with van der Waals surface area (Å²) in [6, 6.07) is 4.39. The third-order valence-electron chi connectivity index (χ3n) is 2.35. The van der Waals surface area contributed by atoms with Crippen LogP contribution in [-0.2, 0) is 0 Å². The van der Waals surface area contributed by atoms with Crippen molar-refractivity contribution in [2.24, 2.45) is 0 Å². The molecule has 0 bridgehead atoms. The molecule has 0 radical (unpaired) electrons. The molecule has 86 valence electrons. The summed E-state index contributed by atoms with van der Waals surface area (Å²) < 4.78 is 1.15. The molecular formula is C11H11BrClNS2. The molecule has 0 aromatic carbocycles. The number of hydrogen-bond acceptors (Lipinski definition) is 3. The monoisotopic (exact) mass is 335 g/mol. The highest BCUT2D eigenvalue weighted by atomic mass is 79.9. The average molecular weight is 337 g/mol. The van der Waals surface area contributed by atoms with Gasteiger partial charge in [-0.3, -0.25) is 0 Å². The normalized spacial score (nSPS) is 13.0. The maximum atomic E-state index is 6.30. The van der Waals surface area contributed by atoms with Crippen LogP contribution >= 0.6 is 50.2 Å². The molecule has 16 heavy (non-hydrogen) atoms. The molecule has 0 fully saturated rings. The van der Waals surface area contributed by atoms with E-state index in [0.29, 0.717) is 0 Å². The first kappa shape index (κ1) is 12.6. The summed E-state index contributed by atoms with van der Waals surface area (Å²) in [5, 5.41) is 6.30. The highest BCUT2D eigenvalue weighted by Crippen LogP contribution is 2.38. The highest BCUT2D eigenvalue weighted by Gasteiger charge is 2.19. The van der Waals surface area contributed by atoms with Crippen LogP contribution in [0.2, 0.25) is 5.02 Å². The van der Waals surface area contributed by atoms with Crippen molar-refractivity contribution in [3.05, 3.63) is 41.6 Å². The lowest BCUT2D eigenvalue weighted by atomic mass is 10.2. The van der Waals surface area contributed by atoms with Gasteiger partial charge in [-0.05, 0) is 53.0 Å². The molecule has 0 aliphatic rings. The average Bonchev–Trinajstić information content (AvgIpc) is 2.81. The fourth-order valence-electron chi connectivity index (χ4n) is 1.53. The molecule has 1 N–H and O–H groups in total. The first-order valence-corrected chi connectivity index (χ1v) is 7.66. The second-order valence-electron chi connectivity index (χ2n) is 3.46. The Balaban J connectivity index is 2.40. The minimum atomic E-state index is 0.197. The molecule has 0 amide bonds. The van der Waals surface area contributed by atoms with Crippen molar-refractivity contribution in [3.8, 4) is 0 Å². The van der Waals surface area contributed by atoms with E-state index in [4.69, 9.17) is 11.6 Å². The molecule has 1 atom stereocenters. The van der Waals surface area contributed by atoms with Gasteiger partial charge in [0.05, 0.1) is 14.9 Å². The van der Waals surface area contributed by atoms with Gasteiger partial charge in [0.15, 0.2) is 0 Å². The lowest BCUT2D eigenvalue weighted by molar-refractivity contribution is 0.716. The van der Waals surface area contributed by atoms with Gasteiger partial charge in [0.25, 0.3) is 0 Å². The zero-order chi connectivity index (χ0) is 11.7. The van der Waals surface area contributed by atoms with E-state index in [9.17, 15) is 0 Å². The van der Waals surface area contributed by atoms with Crippen LogP contribution in [0.4, 0.5) is 0 Å². The Hall–Kier alpha value is 0.130. The third-order valence-corrected chi connectivity index (χ3v) is 5.82. The van der Waals surface area contributed by atoms with Crippen LogP contribution < -0.4 is 5.32 Å². The molecule has 0 spiro atoms. The highest BCUT2D eigenvalue weighted by molar-refractivity contribution is 9.11. The number of thiophene rings is 2. The molecule has 0 saturated heterocycles. The van der Waals surface area contributed by atoms with E-state index in [1.807, 2.05) is 14.0 Å².